The zero-order valence-corrected chi connectivity index (χ0v) is 14.5. The van der Waals surface area contributed by atoms with Gasteiger partial charge in [0.05, 0.1) is 20.3 Å². The van der Waals surface area contributed by atoms with Crippen LogP contribution in [0.1, 0.15) is 31.8 Å². The zero-order chi connectivity index (χ0) is 18.6. The Bertz CT molecular complexity index is 793. The van der Waals surface area contributed by atoms with Gasteiger partial charge in [0, 0.05) is 19.3 Å². The first kappa shape index (κ1) is 19.2. The lowest BCUT2D eigenvalue weighted by Gasteiger charge is -2.11. The second-order valence-electron chi connectivity index (χ2n) is 4.95. The molecule has 0 spiro atoms. The van der Waals surface area contributed by atoms with E-state index in [-0.39, 0.29) is 35.6 Å². The van der Waals surface area contributed by atoms with Crippen LogP contribution in [0.25, 0.3) is 0 Å². The van der Waals surface area contributed by atoms with Crippen LogP contribution in [0.4, 0.5) is 19.0 Å². The smallest absolute Gasteiger partial charge is 0.367 e. The summed E-state index contributed by atoms with van der Waals surface area (Å²) in [7, 11) is 0. The van der Waals surface area contributed by atoms with E-state index < -0.39 is 11.7 Å². The Morgan fingerprint density at radius 1 is 1.24 bits per heavy atom. The van der Waals surface area contributed by atoms with Crippen molar-refractivity contribution in [1.29, 1.82) is 0 Å². The number of hydrogen-bond acceptors (Lipinski definition) is 5. The maximum Gasteiger partial charge on any atom is 0.417 e. The number of Topliss-reactive ketones (excluding diaryl/α,β-unsaturated/α-hetero) is 1. The van der Waals surface area contributed by atoms with Crippen molar-refractivity contribution in [3.05, 3.63) is 44.7 Å². The number of ketones is 1. The van der Waals surface area contributed by atoms with E-state index in [1.807, 2.05) is 0 Å². The summed E-state index contributed by atoms with van der Waals surface area (Å²) in [5.74, 6) is -0.363. The number of carbonyl (C=O) groups excluding carboxylic acids is 2. The summed E-state index contributed by atoms with van der Waals surface area (Å²) in [6.07, 6.45) is -3.83. The molecule has 1 amide bonds. The fourth-order valence-electron chi connectivity index (χ4n) is 1.82. The van der Waals surface area contributed by atoms with Crippen LogP contribution >= 0.6 is 22.9 Å². The van der Waals surface area contributed by atoms with E-state index in [2.05, 4.69) is 15.6 Å². The number of carbonyl (C=O) groups is 2. The third-order valence-corrected chi connectivity index (χ3v) is 4.52. The Kier molecular flexibility index (Phi) is 6.02. The highest BCUT2D eigenvalue weighted by Crippen LogP contribution is 2.32. The maximum atomic E-state index is 12.5. The number of amides is 1. The second kappa shape index (κ2) is 7.83. The van der Waals surface area contributed by atoms with Crippen LogP contribution in [0.3, 0.4) is 0 Å². The lowest BCUT2D eigenvalue weighted by Crippen LogP contribution is -2.28. The third-order valence-electron chi connectivity index (χ3n) is 3.05. The van der Waals surface area contributed by atoms with Gasteiger partial charge in [-0.15, -0.1) is 11.3 Å². The highest BCUT2D eigenvalue weighted by atomic mass is 35.5. The quantitative estimate of drug-likeness (QED) is 0.579. The lowest BCUT2D eigenvalue weighted by molar-refractivity contribution is -0.137. The number of anilines is 1. The van der Waals surface area contributed by atoms with E-state index in [0.29, 0.717) is 16.0 Å². The standard InChI is InChI=1S/C15H13ClF3N3O2S/c1-8(23)11-2-3-12(25-11)14(24)21-5-4-20-13-10(16)6-9(7-22-13)15(17,18)19/h2-3,6-7H,4-5H2,1H3,(H,20,22)(H,21,24). The Morgan fingerprint density at radius 3 is 2.48 bits per heavy atom. The number of nitrogens with one attached hydrogen (secondary N) is 2. The molecule has 0 fully saturated rings. The van der Waals surface area contributed by atoms with Crippen LogP contribution in [-0.4, -0.2) is 29.8 Å². The minimum absolute atomic E-state index is 0.0962. The summed E-state index contributed by atoms with van der Waals surface area (Å²) >= 11 is 6.85. The van der Waals surface area contributed by atoms with E-state index in [0.717, 1.165) is 17.4 Å². The van der Waals surface area contributed by atoms with E-state index >= 15 is 0 Å². The molecule has 0 aliphatic carbocycles. The van der Waals surface area contributed by atoms with Crippen molar-refractivity contribution in [2.24, 2.45) is 0 Å². The Balaban J connectivity index is 1.84. The second-order valence-corrected chi connectivity index (χ2v) is 6.45. The normalized spacial score (nSPS) is 11.2. The first-order valence-electron chi connectivity index (χ1n) is 7.04. The molecule has 2 aromatic heterocycles. The van der Waals surface area contributed by atoms with Gasteiger partial charge in [-0.05, 0) is 25.1 Å². The van der Waals surface area contributed by atoms with Crippen molar-refractivity contribution in [2.45, 2.75) is 13.1 Å². The Labute approximate surface area is 150 Å². The minimum Gasteiger partial charge on any atom is -0.367 e. The summed E-state index contributed by atoms with van der Waals surface area (Å²) in [5.41, 5.74) is -0.935. The van der Waals surface area contributed by atoms with Gasteiger partial charge >= 0.3 is 6.18 Å². The van der Waals surface area contributed by atoms with Gasteiger partial charge in [0.15, 0.2) is 5.78 Å². The lowest BCUT2D eigenvalue weighted by atomic mass is 10.3. The molecule has 0 saturated heterocycles. The average molecular weight is 392 g/mol. The van der Waals surface area contributed by atoms with Crippen molar-refractivity contribution in [3.63, 3.8) is 0 Å². The molecule has 0 aromatic carbocycles. The van der Waals surface area contributed by atoms with Crippen molar-refractivity contribution >= 4 is 40.4 Å². The molecule has 5 nitrogen and oxygen atoms in total. The van der Waals surface area contributed by atoms with Gasteiger partial charge in [-0.1, -0.05) is 11.6 Å². The predicted octanol–water partition coefficient (Wildman–Crippen LogP) is 3.86. The summed E-state index contributed by atoms with van der Waals surface area (Å²) in [6, 6.07) is 3.91. The molecular weight excluding hydrogens is 379 g/mol. The number of aromatic nitrogens is 1. The SMILES string of the molecule is CC(=O)c1ccc(C(=O)NCCNc2ncc(C(F)(F)F)cc2Cl)s1. The minimum atomic E-state index is -4.51. The number of rotatable bonds is 6. The molecule has 25 heavy (non-hydrogen) atoms. The molecule has 2 heterocycles. The average Bonchev–Trinajstić information content (AvgIpc) is 3.01. The van der Waals surface area contributed by atoms with Gasteiger partial charge in [0.2, 0.25) is 0 Å². The van der Waals surface area contributed by atoms with Gasteiger partial charge < -0.3 is 10.6 Å². The van der Waals surface area contributed by atoms with E-state index in [4.69, 9.17) is 11.6 Å². The number of pyridine rings is 1. The van der Waals surface area contributed by atoms with Crippen molar-refractivity contribution < 1.29 is 22.8 Å². The monoisotopic (exact) mass is 391 g/mol. The van der Waals surface area contributed by atoms with Crippen LogP contribution in [0.2, 0.25) is 5.02 Å². The maximum absolute atomic E-state index is 12.5. The van der Waals surface area contributed by atoms with Crippen LogP contribution in [0.15, 0.2) is 24.4 Å². The highest BCUT2D eigenvalue weighted by Gasteiger charge is 2.31. The van der Waals surface area contributed by atoms with Crippen molar-refractivity contribution in [3.8, 4) is 0 Å². The number of alkyl halides is 3. The molecule has 2 N–H and O–H groups in total. The molecule has 0 saturated carbocycles. The van der Waals surface area contributed by atoms with E-state index in [9.17, 15) is 22.8 Å². The number of halogens is 4. The Hall–Kier alpha value is -2.13. The van der Waals surface area contributed by atoms with Gasteiger partial charge in [-0.2, -0.15) is 13.2 Å². The summed E-state index contributed by atoms with van der Waals surface area (Å²) in [4.78, 5) is 27.6. The molecule has 0 atom stereocenters. The topological polar surface area (TPSA) is 71.1 Å². The molecular formula is C15H13ClF3N3O2S. The first-order valence-corrected chi connectivity index (χ1v) is 8.23. The van der Waals surface area contributed by atoms with Crippen LogP contribution in [-0.2, 0) is 6.18 Å². The fourth-order valence-corrected chi connectivity index (χ4v) is 2.87. The van der Waals surface area contributed by atoms with Crippen molar-refractivity contribution in [2.75, 3.05) is 18.4 Å². The van der Waals surface area contributed by atoms with Gasteiger partial charge in [-0.25, -0.2) is 4.98 Å². The fraction of sp³-hybridized carbons (Fsp3) is 0.267. The number of hydrogen-bond donors (Lipinski definition) is 2. The van der Waals surface area contributed by atoms with Crippen LogP contribution < -0.4 is 10.6 Å². The molecule has 0 unspecified atom stereocenters. The Morgan fingerprint density at radius 2 is 1.92 bits per heavy atom. The molecule has 10 heteroatoms. The molecule has 134 valence electrons. The zero-order valence-electron chi connectivity index (χ0n) is 12.9. The number of nitrogens with zero attached hydrogens (tertiary/aromatic N) is 1. The molecule has 2 rings (SSSR count). The molecule has 0 aliphatic heterocycles. The van der Waals surface area contributed by atoms with Crippen LogP contribution in [0, 0.1) is 0 Å². The number of thiophene rings is 1. The summed E-state index contributed by atoms with van der Waals surface area (Å²) in [6.45, 7) is 1.83. The van der Waals surface area contributed by atoms with Crippen LogP contribution in [0.5, 0.6) is 0 Å². The van der Waals surface area contributed by atoms with Gasteiger partial charge in [0.1, 0.15) is 5.82 Å². The van der Waals surface area contributed by atoms with E-state index in [1.165, 1.54) is 6.92 Å². The summed E-state index contributed by atoms with van der Waals surface area (Å²) in [5, 5.41) is 5.21. The highest BCUT2D eigenvalue weighted by molar-refractivity contribution is 7.15. The van der Waals surface area contributed by atoms with Gasteiger partial charge in [-0.3, -0.25) is 9.59 Å². The largest absolute Gasteiger partial charge is 0.417 e. The molecule has 2 aromatic rings. The molecule has 0 radical (unpaired) electrons. The predicted molar refractivity (Wildman–Crippen MR) is 89.4 cm³/mol. The van der Waals surface area contributed by atoms with Crippen molar-refractivity contribution in [1.82, 2.24) is 10.3 Å². The van der Waals surface area contributed by atoms with E-state index in [1.54, 1.807) is 12.1 Å². The first-order chi connectivity index (χ1) is 11.7. The summed E-state index contributed by atoms with van der Waals surface area (Å²) < 4.78 is 37.6. The third kappa shape index (κ3) is 5.17. The van der Waals surface area contributed by atoms with Gasteiger partial charge in [0.25, 0.3) is 5.91 Å². The molecule has 0 aliphatic rings. The molecule has 0 bridgehead atoms.